The van der Waals surface area contributed by atoms with Crippen LogP contribution in [0.1, 0.15) is 37.0 Å². The van der Waals surface area contributed by atoms with E-state index in [1.165, 1.54) is 11.1 Å². The van der Waals surface area contributed by atoms with Crippen molar-refractivity contribution in [3.63, 3.8) is 0 Å². The normalized spacial score (nSPS) is 21.5. The van der Waals surface area contributed by atoms with Crippen LogP contribution in [-0.2, 0) is 11.2 Å². The van der Waals surface area contributed by atoms with Gasteiger partial charge >= 0.3 is 0 Å². The molecule has 1 aliphatic heterocycles. The van der Waals surface area contributed by atoms with Gasteiger partial charge < -0.3 is 9.84 Å². The summed E-state index contributed by atoms with van der Waals surface area (Å²) < 4.78 is 5.85. The first kappa shape index (κ1) is 11.6. The summed E-state index contributed by atoms with van der Waals surface area (Å²) in [4.78, 5) is 0. The van der Waals surface area contributed by atoms with E-state index in [1.807, 2.05) is 0 Å². The standard InChI is InChI=1S/C14H20O2/c1-2-5-12(10-15)14-13-7-4-3-6-11(13)8-9-16-14/h3-4,6-7,12,14-15H,2,5,8-10H2,1H3/t12-,14+/m0/s1. The van der Waals surface area contributed by atoms with Crippen LogP contribution in [0.15, 0.2) is 24.3 Å². The second kappa shape index (κ2) is 5.46. The fraction of sp³-hybridized carbons (Fsp3) is 0.571. The predicted molar refractivity (Wildman–Crippen MR) is 64.3 cm³/mol. The quantitative estimate of drug-likeness (QED) is 0.845. The average molecular weight is 220 g/mol. The summed E-state index contributed by atoms with van der Waals surface area (Å²) in [6, 6.07) is 8.44. The molecule has 1 aromatic carbocycles. The molecular formula is C14H20O2. The zero-order valence-corrected chi connectivity index (χ0v) is 9.86. The largest absolute Gasteiger partial charge is 0.396 e. The molecule has 2 nitrogen and oxygen atoms in total. The Hall–Kier alpha value is -0.860. The van der Waals surface area contributed by atoms with E-state index in [-0.39, 0.29) is 18.6 Å². The van der Waals surface area contributed by atoms with Crippen molar-refractivity contribution in [1.29, 1.82) is 0 Å². The first-order valence-corrected chi connectivity index (χ1v) is 6.17. The molecule has 0 bridgehead atoms. The van der Waals surface area contributed by atoms with Crippen LogP contribution in [0.5, 0.6) is 0 Å². The maximum absolute atomic E-state index is 9.45. The highest BCUT2D eigenvalue weighted by molar-refractivity contribution is 5.31. The number of benzene rings is 1. The van der Waals surface area contributed by atoms with E-state index in [4.69, 9.17) is 4.74 Å². The minimum absolute atomic E-state index is 0.0925. The summed E-state index contributed by atoms with van der Waals surface area (Å²) in [5.41, 5.74) is 2.66. The van der Waals surface area contributed by atoms with Crippen molar-refractivity contribution < 1.29 is 9.84 Å². The van der Waals surface area contributed by atoms with Gasteiger partial charge in [-0.1, -0.05) is 37.6 Å². The molecule has 1 heterocycles. The van der Waals surface area contributed by atoms with Gasteiger partial charge in [0.25, 0.3) is 0 Å². The molecule has 88 valence electrons. The van der Waals surface area contributed by atoms with E-state index in [0.717, 1.165) is 25.9 Å². The number of hydrogen-bond donors (Lipinski definition) is 1. The highest BCUT2D eigenvalue weighted by Crippen LogP contribution is 2.34. The van der Waals surface area contributed by atoms with E-state index in [2.05, 4.69) is 31.2 Å². The molecule has 1 N–H and O–H groups in total. The molecule has 0 aliphatic carbocycles. The van der Waals surface area contributed by atoms with Gasteiger partial charge in [0.05, 0.1) is 12.7 Å². The van der Waals surface area contributed by atoms with Gasteiger partial charge in [0.1, 0.15) is 0 Å². The Kier molecular flexibility index (Phi) is 3.97. The van der Waals surface area contributed by atoms with Crippen molar-refractivity contribution in [1.82, 2.24) is 0 Å². The van der Waals surface area contributed by atoms with Gasteiger partial charge in [-0.15, -0.1) is 0 Å². The smallest absolute Gasteiger partial charge is 0.0877 e. The van der Waals surface area contributed by atoms with Crippen LogP contribution in [0.25, 0.3) is 0 Å². The van der Waals surface area contributed by atoms with Gasteiger partial charge in [-0.2, -0.15) is 0 Å². The van der Waals surface area contributed by atoms with E-state index < -0.39 is 0 Å². The number of fused-ring (bicyclic) bond motifs is 1. The number of ether oxygens (including phenoxy) is 1. The monoisotopic (exact) mass is 220 g/mol. The molecule has 0 unspecified atom stereocenters. The first-order chi connectivity index (χ1) is 7.86. The van der Waals surface area contributed by atoms with Crippen LogP contribution < -0.4 is 0 Å². The van der Waals surface area contributed by atoms with Gasteiger partial charge in [-0.25, -0.2) is 0 Å². The Balaban J connectivity index is 2.23. The Bertz CT molecular complexity index is 335. The third-order valence-electron chi connectivity index (χ3n) is 3.35. The molecule has 0 aromatic heterocycles. The Labute approximate surface area is 97.3 Å². The second-order valence-electron chi connectivity index (χ2n) is 4.47. The molecule has 0 saturated carbocycles. The van der Waals surface area contributed by atoms with Gasteiger partial charge in [0.2, 0.25) is 0 Å². The number of rotatable bonds is 4. The molecule has 0 saturated heterocycles. The Morgan fingerprint density at radius 3 is 3.00 bits per heavy atom. The molecule has 2 atom stereocenters. The summed E-state index contributed by atoms with van der Waals surface area (Å²) in [5, 5.41) is 9.45. The minimum atomic E-state index is 0.0925. The summed E-state index contributed by atoms with van der Waals surface area (Å²) >= 11 is 0. The van der Waals surface area contributed by atoms with E-state index >= 15 is 0 Å². The summed E-state index contributed by atoms with van der Waals surface area (Å²) in [6.45, 7) is 3.14. The number of hydrogen-bond acceptors (Lipinski definition) is 2. The molecule has 1 aromatic rings. The molecule has 1 aliphatic rings. The molecular weight excluding hydrogens is 200 g/mol. The van der Waals surface area contributed by atoms with Crippen molar-refractivity contribution >= 4 is 0 Å². The van der Waals surface area contributed by atoms with Crippen LogP contribution in [0.2, 0.25) is 0 Å². The van der Waals surface area contributed by atoms with Gasteiger partial charge in [-0.05, 0) is 24.0 Å². The summed E-state index contributed by atoms with van der Waals surface area (Å²) in [6.07, 6.45) is 3.20. The van der Waals surface area contributed by atoms with E-state index in [1.54, 1.807) is 0 Å². The minimum Gasteiger partial charge on any atom is -0.396 e. The lowest BCUT2D eigenvalue weighted by Crippen LogP contribution is -2.25. The highest BCUT2D eigenvalue weighted by Gasteiger charge is 2.27. The van der Waals surface area contributed by atoms with Gasteiger partial charge in [0.15, 0.2) is 0 Å². The van der Waals surface area contributed by atoms with Crippen LogP contribution >= 0.6 is 0 Å². The molecule has 0 amide bonds. The predicted octanol–water partition coefficient (Wildman–Crippen LogP) is 2.71. The number of aliphatic hydroxyl groups excluding tert-OH is 1. The topological polar surface area (TPSA) is 29.5 Å². The van der Waals surface area contributed by atoms with Crippen LogP contribution in [-0.4, -0.2) is 18.3 Å². The third-order valence-corrected chi connectivity index (χ3v) is 3.35. The SMILES string of the molecule is CCC[C@@H](CO)[C@H]1OCCc2ccccc21. The average Bonchev–Trinajstić information content (AvgIpc) is 2.35. The second-order valence-corrected chi connectivity index (χ2v) is 4.47. The third kappa shape index (κ3) is 2.28. The lowest BCUT2D eigenvalue weighted by Gasteiger charge is -2.31. The van der Waals surface area contributed by atoms with E-state index in [9.17, 15) is 5.11 Å². The van der Waals surface area contributed by atoms with Crippen LogP contribution in [0.4, 0.5) is 0 Å². The maximum atomic E-state index is 9.45. The maximum Gasteiger partial charge on any atom is 0.0877 e. The molecule has 16 heavy (non-hydrogen) atoms. The van der Waals surface area contributed by atoms with E-state index in [0.29, 0.717) is 0 Å². The van der Waals surface area contributed by atoms with Crippen molar-refractivity contribution in [3.05, 3.63) is 35.4 Å². The Morgan fingerprint density at radius 1 is 1.44 bits per heavy atom. The fourth-order valence-corrected chi connectivity index (χ4v) is 2.52. The highest BCUT2D eigenvalue weighted by atomic mass is 16.5. The Morgan fingerprint density at radius 2 is 2.25 bits per heavy atom. The van der Waals surface area contributed by atoms with Crippen LogP contribution in [0, 0.1) is 5.92 Å². The zero-order chi connectivity index (χ0) is 11.4. The number of aliphatic hydroxyl groups is 1. The van der Waals surface area contributed by atoms with Crippen molar-refractivity contribution in [2.45, 2.75) is 32.3 Å². The van der Waals surface area contributed by atoms with Crippen molar-refractivity contribution in [3.8, 4) is 0 Å². The van der Waals surface area contributed by atoms with Gasteiger partial charge in [0, 0.05) is 12.5 Å². The van der Waals surface area contributed by atoms with Crippen molar-refractivity contribution in [2.24, 2.45) is 5.92 Å². The fourth-order valence-electron chi connectivity index (χ4n) is 2.52. The molecule has 0 spiro atoms. The molecule has 0 fully saturated rings. The molecule has 0 radical (unpaired) electrons. The van der Waals surface area contributed by atoms with Crippen molar-refractivity contribution in [2.75, 3.05) is 13.2 Å². The summed E-state index contributed by atoms with van der Waals surface area (Å²) in [5.74, 6) is 0.242. The zero-order valence-electron chi connectivity index (χ0n) is 9.86. The van der Waals surface area contributed by atoms with Crippen LogP contribution in [0.3, 0.4) is 0 Å². The summed E-state index contributed by atoms with van der Waals surface area (Å²) in [7, 11) is 0. The first-order valence-electron chi connectivity index (χ1n) is 6.17. The lowest BCUT2D eigenvalue weighted by atomic mass is 9.87. The molecule has 2 rings (SSSR count). The lowest BCUT2D eigenvalue weighted by molar-refractivity contribution is -0.0196. The molecule has 2 heteroatoms. The van der Waals surface area contributed by atoms with Gasteiger partial charge in [-0.3, -0.25) is 0 Å².